The molecule has 0 radical (unpaired) electrons. The SMILES string of the molecule is CCOc1ccc2nc(SCC(=O)N3c4cc(C)c(C)cc4-c4c(ssc4=S)C3(C)C)sc2c1. The molecule has 2 aromatic carbocycles. The number of anilines is 1. The number of fused-ring (bicyclic) bond motifs is 4. The molecule has 2 aromatic heterocycles. The van der Waals surface area contributed by atoms with Crippen LogP contribution in [0, 0.1) is 17.7 Å². The molecule has 0 bridgehead atoms. The molecule has 0 saturated heterocycles. The maximum Gasteiger partial charge on any atom is 0.238 e. The molecule has 9 heteroatoms. The molecule has 1 aliphatic rings. The lowest BCUT2D eigenvalue weighted by atomic mass is 9.86. The number of aryl methyl sites for hydroxylation is 2. The zero-order valence-electron chi connectivity index (χ0n) is 19.6. The van der Waals surface area contributed by atoms with Crippen LogP contribution in [0.1, 0.15) is 36.8 Å². The highest BCUT2D eigenvalue weighted by Gasteiger charge is 2.43. The van der Waals surface area contributed by atoms with Gasteiger partial charge in [0, 0.05) is 11.1 Å². The van der Waals surface area contributed by atoms with E-state index in [1.807, 2.05) is 30.0 Å². The van der Waals surface area contributed by atoms with Gasteiger partial charge < -0.3 is 9.64 Å². The zero-order valence-corrected chi connectivity index (χ0v) is 23.6. The molecule has 0 saturated carbocycles. The Morgan fingerprint density at radius 2 is 1.94 bits per heavy atom. The average Bonchev–Trinajstić information content (AvgIpc) is 3.37. The Hall–Kier alpha value is -1.78. The molecule has 0 unspecified atom stereocenters. The highest BCUT2D eigenvalue weighted by atomic mass is 32.9. The van der Waals surface area contributed by atoms with Crippen molar-refractivity contribution in [1.82, 2.24) is 4.98 Å². The van der Waals surface area contributed by atoms with E-state index in [1.165, 1.54) is 27.8 Å². The molecule has 34 heavy (non-hydrogen) atoms. The predicted molar refractivity (Wildman–Crippen MR) is 150 cm³/mol. The molecule has 0 N–H and O–H groups in total. The molecule has 176 valence electrons. The van der Waals surface area contributed by atoms with Gasteiger partial charge in [-0.1, -0.05) is 44.7 Å². The number of carbonyl (C=O) groups is 1. The van der Waals surface area contributed by atoms with E-state index in [9.17, 15) is 4.79 Å². The van der Waals surface area contributed by atoms with Gasteiger partial charge in [0.2, 0.25) is 5.91 Å². The molecule has 0 aliphatic carbocycles. The van der Waals surface area contributed by atoms with Crippen LogP contribution in [-0.4, -0.2) is 23.3 Å². The highest BCUT2D eigenvalue weighted by molar-refractivity contribution is 8.01. The van der Waals surface area contributed by atoms with Crippen LogP contribution >= 0.6 is 56.0 Å². The van der Waals surface area contributed by atoms with E-state index in [-0.39, 0.29) is 5.91 Å². The lowest BCUT2D eigenvalue weighted by Gasteiger charge is -2.43. The number of rotatable bonds is 5. The van der Waals surface area contributed by atoms with Gasteiger partial charge in [-0.15, -0.1) is 11.3 Å². The van der Waals surface area contributed by atoms with Gasteiger partial charge in [-0.3, -0.25) is 4.79 Å². The molecule has 4 nitrogen and oxygen atoms in total. The molecule has 3 heterocycles. The fraction of sp³-hybridized carbons (Fsp3) is 0.320. The van der Waals surface area contributed by atoms with Crippen molar-refractivity contribution >= 4 is 77.8 Å². The summed E-state index contributed by atoms with van der Waals surface area (Å²) in [7, 11) is 3.31. The first-order valence-corrected chi connectivity index (χ1v) is 15.3. The summed E-state index contributed by atoms with van der Waals surface area (Å²) in [6.45, 7) is 11.1. The van der Waals surface area contributed by atoms with E-state index < -0.39 is 5.54 Å². The zero-order chi connectivity index (χ0) is 24.2. The molecule has 0 atom stereocenters. The van der Waals surface area contributed by atoms with Crippen LogP contribution in [0.25, 0.3) is 21.3 Å². The Morgan fingerprint density at radius 3 is 2.71 bits per heavy atom. The Kier molecular flexibility index (Phi) is 6.35. The van der Waals surface area contributed by atoms with E-state index in [0.717, 1.165) is 40.9 Å². The molecule has 1 aliphatic heterocycles. The molecule has 0 fully saturated rings. The molecular formula is C25H24N2O2S5. The fourth-order valence-corrected chi connectivity index (χ4v) is 9.55. The number of nitrogens with zero attached hydrogens (tertiary/aromatic N) is 2. The Morgan fingerprint density at radius 1 is 1.18 bits per heavy atom. The van der Waals surface area contributed by atoms with Crippen molar-refractivity contribution < 1.29 is 9.53 Å². The third kappa shape index (κ3) is 4.01. The third-order valence-electron chi connectivity index (χ3n) is 6.09. The highest BCUT2D eigenvalue weighted by Crippen LogP contribution is 2.52. The van der Waals surface area contributed by atoms with Crippen LogP contribution in [0.5, 0.6) is 5.75 Å². The molecular weight excluding hydrogens is 521 g/mol. The smallest absolute Gasteiger partial charge is 0.238 e. The van der Waals surface area contributed by atoms with E-state index >= 15 is 0 Å². The fourth-order valence-electron chi connectivity index (χ4n) is 4.32. The number of aromatic nitrogens is 1. The molecule has 4 aromatic rings. The monoisotopic (exact) mass is 544 g/mol. The second-order valence-corrected chi connectivity index (χ2v) is 13.8. The van der Waals surface area contributed by atoms with Gasteiger partial charge >= 0.3 is 0 Å². The number of thioether (sulfide) groups is 1. The van der Waals surface area contributed by atoms with Crippen LogP contribution in [0.15, 0.2) is 34.7 Å². The van der Waals surface area contributed by atoms with E-state index in [4.69, 9.17) is 21.9 Å². The largest absolute Gasteiger partial charge is 0.494 e. The number of ether oxygens (including phenoxy) is 1. The van der Waals surface area contributed by atoms with Crippen molar-refractivity contribution in [3.8, 4) is 16.9 Å². The maximum absolute atomic E-state index is 13.8. The van der Waals surface area contributed by atoms with Gasteiger partial charge in [-0.2, -0.15) is 0 Å². The summed E-state index contributed by atoms with van der Waals surface area (Å²) in [4.78, 5) is 21.6. The minimum absolute atomic E-state index is 0.0729. The van der Waals surface area contributed by atoms with E-state index in [1.54, 1.807) is 32.0 Å². The second-order valence-electron chi connectivity index (χ2n) is 8.73. The first-order valence-electron chi connectivity index (χ1n) is 10.9. The van der Waals surface area contributed by atoms with E-state index in [2.05, 4.69) is 39.8 Å². The van der Waals surface area contributed by atoms with Gasteiger partial charge in [-0.05, 0) is 76.1 Å². The summed E-state index contributed by atoms with van der Waals surface area (Å²) in [6.07, 6.45) is 0. The lowest BCUT2D eigenvalue weighted by molar-refractivity contribution is -0.117. The van der Waals surface area contributed by atoms with Crippen LogP contribution < -0.4 is 9.64 Å². The number of amides is 1. The van der Waals surface area contributed by atoms with Gasteiger partial charge in [-0.25, -0.2) is 4.98 Å². The summed E-state index contributed by atoms with van der Waals surface area (Å²) in [5, 5.41) is 0. The Labute approximate surface area is 220 Å². The van der Waals surface area contributed by atoms with Crippen molar-refractivity contribution in [2.75, 3.05) is 17.3 Å². The standard InChI is InChI=1S/C25H24N2O2S5/c1-6-29-15-7-8-17-19(11-15)32-24(26-17)31-12-20(28)27-18-10-14(3)13(2)9-16(18)21-22(25(27,4)5)33-34-23(21)30/h7-11H,6,12H2,1-5H3. The molecule has 1 amide bonds. The summed E-state index contributed by atoms with van der Waals surface area (Å²) in [5.74, 6) is 1.24. The van der Waals surface area contributed by atoms with Gasteiger partial charge in [0.05, 0.1) is 38.7 Å². The minimum Gasteiger partial charge on any atom is -0.494 e. The van der Waals surface area contributed by atoms with Crippen LogP contribution in [0.4, 0.5) is 5.69 Å². The summed E-state index contributed by atoms with van der Waals surface area (Å²) in [5.41, 5.74) is 5.99. The predicted octanol–water partition coefficient (Wildman–Crippen LogP) is 8.21. The van der Waals surface area contributed by atoms with Gasteiger partial charge in [0.25, 0.3) is 0 Å². The van der Waals surface area contributed by atoms with Crippen molar-refractivity contribution in [2.45, 2.75) is 44.5 Å². The van der Waals surface area contributed by atoms with Crippen molar-refractivity contribution in [1.29, 1.82) is 0 Å². The quantitative estimate of drug-likeness (QED) is 0.144. The molecule has 0 spiro atoms. The van der Waals surface area contributed by atoms with Gasteiger partial charge in [0.1, 0.15) is 9.57 Å². The number of carbonyl (C=O) groups excluding carboxylic acids is 1. The number of benzene rings is 2. The van der Waals surface area contributed by atoms with Crippen LogP contribution in [0.2, 0.25) is 0 Å². The summed E-state index contributed by atoms with van der Waals surface area (Å²) >= 11 is 8.81. The maximum atomic E-state index is 13.8. The van der Waals surface area contributed by atoms with Crippen molar-refractivity contribution in [2.24, 2.45) is 0 Å². The van der Waals surface area contributed by atoms with Crippen LogP contribution in [-0.2, 0) is 10.3 Å². The van der Waals surface area contributed by atoms with Gasteiger partial charge in [0.15, 0.2) is 4.34 Å². The lowest BCUT2D eigenvalue weighted by Crippen LogP contribution is -2.48. The third-order valence-corrected chi connectivity index (χ3v) is 11.6. The number of hydrogen-bond acceptors (Lipinski definition) is 8. The average molecular weight is 545 g/mol. The number of hydrogen-bond donors (Lipinski definition) is 0. The normalized spacial score (nSPS) is 14.2. The van der Waals surface area contributed by atoms with E-state index in [0.29, 0.717) is 12.4 Å². The Bertz CT molecular complexity index is 1480. The van der Waals surface area contributed by atoms with Crippen molar-refractivity contribution in [3.05, 3.63) is 50.2 Å². The minimum atomic E-state index is -0.472. The first-order chi connectivity index (χ1) is 16.2. The summed E-state index contributed by atoms with van der Waals surface area (Å²) < 4.78 is 8.47. The summed E-state index contributed by atoms with van der Waals surface area (Å²) in [6, 6.07) is 10.3. The topological polar surface area (TPSA) is 42.4 Å². The number of thiazole rings is 1. The van der Waals surface area contributed by atoms with Crippen molar-refractivity contribution in [3.63, 3.8) is 0 Å². The molecule has 5 rings (SSSR count). The van der Waals surface area contributed by atoms with Crippen LogP contribution in [0.3, 0.4) is 0 Å². The first kappa shape index (κ1) is 23.9. The Balaban J connectivity index is 1.47. The second kappa shape index (κ2) is 9.02.